The Bertz CT molecular complexity index is 679. The molecule has 1 heterocycles. The van der Waals surface area contributed by atoms with E-state index >= 15 is 0 Å². The third kappa shape index (κ3) is 3.83. The maximum atomic E-state index is 12.3. The fourth-order valence-corrected chi connectivity index (χ4v) is 3.51. The molecule has 1 aromatic carbocycles. The zero-order valence-electron chi connectivity index (χ0n) is 15.6. The molecule has 0 bridgehead atoms. The third-order valence-corrected chi connectivity index (χ3v) is 4.93. The van der Waals surface area contributed by atoms with E-state index in [1.165, 1.54) is 17.1 Å². The van der Waals surface area contributed by atoms with Crippen molar-refractivity contribution in [3.8, 4) is 5.75 Å². The summed E-state index contributed by atoms with van der Waals surface area (Å²) >= 11 is 0. The number of unbranched alkanes of at least 4 members (excludes halogenated alkanes) is 2. The Balaban J connectivity index is 1.85. The number of hydrogen-bond donors (Lipinski definition) is 0. The van der Waals surface area contributed by atoms with E-state index < -0.39 is 0 Å². The number of fused-ring (bicyclic) bond motifs is 1. The highest BCUT2D eigenvalue weighted by Gasteiger charge is 2.43. The molecule has 26 heavy (non-hydrogen) atoms. The second-order valence-corrected chi connectivity index (χ2v) is 6.85. The molecule has 2 amide bonds. The minimum absolute atomic E-state index is 0.199. The molecule has 0 saturated carbocycles. The zero-order chi connectivity index (χ0) is 18.5. The first-order chi connectivity index (χ1) is 12.7. The van der Waals surface area contributed by atoms with Crippen LogP contribution < -0.4 is 4.74 Å². The van der Waals surface area contributed by atoms with Crippen LogP contribution in [0, 0.1) is 0 Å². The van der Waals surface area contributed by atoms with Crippen LogP contribution in [0.3, 0.4) is 0 Å². The van der Waals surface area contributed by atoms with Gasteiger partial charge in [-0.05, 0) is 36.1 Å². The fraction of sp³-hybridized carbons (Fsp3) is 0.524. The second kappa shape index (κ2) is 8.49. The Morgan fingerprint density at radius 3 is 2.42 bits per heavy atom. The van der Waals surface area contributed by atoms with Gasteiger partial charge in [0.2, 0.25) is 0 Å². The quantitative estimate of drug-likeness (QED) is 0.501. The van der Waals surface area contributed by atoms with Gasteiger partial charge in [0.25, 0.3) is 11.8 Å². The molecule has 1 aliphatic carbocycles. The predicted molar refractivity (Wildman–Crippen MR) is 98.9 cm³/mol. The predicted octanol–water partition coefficient (Wildman–Crippen LogP) is 3.57. The van der Waals surface area contributed by atoms with E-state index in [2.05, 4.69) is 13.8 Å². The molecule has 0 aromatic heterocycles. The number of nitrogens with zero attached hydrogens (tertiary/aromatic N) is 1. The number of carbonyl (C=O) groups is 2. The highest BCUT2D eigenvalue weighted by Crippen LogP contribution is 2.41. The maximum Gasteiger partial charge on any atom is 0.254 e. The Morgan fingerprint density at radius 2 is 1.73 bits per heavy atom. The zero-order valence-corrected chi connectivity index (χ0v) is 15.6. The first kappa shape index (κ1) is 18.6. The van der Waals surface area contributed by atoms with Crippen LogP contribution >= 0.6 is 0 Å². The van der Waals surface area contributed by atoms with Crippen molar-refractivity contribution in [1.29, 1.82) is 0 Å². The molecule has 0 saturated heterocycles. The molecule has 0 radical (unpaired) electrons. The average molecular weight is 357 g/mol. The summed E-state index contributed by atoms with van der Waals surface area (Å²) in [6.07, 6.45) is 7.26. The van der Waals surface area contributed by atoms with Crippen LogP contribution in [-0.4, -0.2) is 36.0 Å². The number of imide groups is 1. The lowest BCUT2D eigenvalue weighted by atomic mass is 10.1. The molecule has 0 fully saturated rings. The van der Waals surface area contributed by atoms with E-state index in [9.17, 15) is 9.59 Å². The van der Waals surface area contributed by atoms with Gasteiger partial charge in [0.1, 0.15) is 5.75 Å². The van der Waals surface area contributed by atoms with Gasteiger partial charge < -0.3 is 9.47 Å². The summed E-state index contributed by atoms with van der Waals surface area (Å²) < 4.78 is 11.9. The molecule has 0 unspecified atom stereocenters. The minimum atomic E-state index is -0.383. The van der Waals surface area contributed by atoms with Gasteiger partial charge in [0.05, 0.1) is 18.8 Å². The first-order valence-corrected chi connectivity index (χ1v) is 9.58. The average Bonchev–Trinajstić information content (AvgIpc) is 3.14. The summed E-state index contributed by atoms with van der Waals surface area (Å²) in [6.45, 7) is 5.54. The van der Waals surface area contributed by atoms with Crippen LogP contribution in [0.15, 0.2) is 30.4 Å². The fourth-order valence-electron chi connectivity index (χ4n) is 3.51. The summed E-state index contributed by atoms with van der Waals surface area (Å²) in [5.41, 5.74) is 2.08. The Hall–Kier alpha value is -2.14. The van der Waals surface area contributed by atoms with Gasteiger partial charge in [-0.1, -0.05) is 32.8 Å². The van der Waals surface area contributed by atoms with E-state index in [0.717, 1.165) is 42.6 Å². The smallest absolute Gasteiger partial charge is 0.254 e. The van der Waals surface area contributed by atoms with Crippen molar-refractivity contribution in [3.63, 3.8) is 0 Å². The normalized spacial score (nSPS) is 21.5. The molecule has 1 aromatic rings. The Kier molecular flexibility index (Phi) is 6.09. The van der Waals surface area contributed by atoms with Crippen molar-refractivity contribution < 1.29 is 19.1 Å². The monoisotopic (exact) mass is 357 g/mol. The van der Waals surface area contributed by atoms with Crippen LogP contribution in [-0.2, 0) is 20.7 Å². The molecule has 5 nitrogen and oxygen atoms in total. The Morgan fingerprint density at radius 1 is 1.04 bits per heavy atom. The van der Waals surface area contributed by atoms with Gasteiger partial charge in [-0.25, -0.2) is 0 Å². The summed E-state index contributed by atoms with van der Waals surface area (Å²) in [5, 5.41) is 0. The second-order valence-electron chi connectivity index (χ2n) is 6.85. The van der Waals surface area contributed by atoms with Crippen LogP contribution in [0.5, 0.6) is 5.75 Å². The molecular formula is C21H27NO4. The van der Waals surface area contributed by atoms with Gasteiger partial charge in [0.15, 0.2) is 0 Å². The van der Waals surface area contributed by atoms with E-state index in [0.29, 0.717) is 19.6 Å². The molecule has 5 heteroatoms. The van der Waals surface area contributed by atoms with Crippen molar-refractivity contribution >= 4 is 11.8 Å². The number of carbonyl (C=O) groups excluding carboxylic acids is 2. The van der Waals surface area contributed by atoms with Crippen molar-refractivity contribution in [2.45, 2.75) is 58.1 Å². The number of amides is 2. The van der Waals surface area contributed by atoms with Gasteiger partial charge in [-0.2, -0.15) is 0 Å². The maximum absolute atomic E-state index is 12.3. The lowest BCUT2D eigenvalue weighted by Crippen LogP contribution is -2.39. The van der Waals surface area contributed by atoms with Crippen molar-refractivity contribution in [2.75, 3.05) is 13.2 Å². The van der Waals surface area contributed by atoms with Crippen molar-refractivity contribution in [1.82, 2.24) is 4.90 Å². The lowest BCUT2D eigenvalue weighted by molar-refractivity contribution is -0.143. The minimum Gasteiger partial charge on any atom is -0.494 e. The largest absolute Gasteiger partial charge is 0.494 e. The molecular weight excluding hydrogens is 330 g/mol. The highest BCUT2D eigenvalue weighted by molar-refractivity contribution is 6.13. The summed E-state index contributed by atoms with van der Waals surface area (Å²) in [6, 6.07) is 5.58. The van der Waals surface area contributed by atoms with Crippen LogP contribution in [0.1, 0.15) is 56.7 Å². The molecule has 140 valence electrons. The summed E-state index contributed by atoms with van der Waals surface area (Å²) in [5.74, 6) is 0.243. The molecule has 1 aliphatic heterocycles. The number of benzene rings is 1. The van der Waals surface area contributed by atoms with Crippen LogP contribution in [0.4, 0.5) is 0 Å². The van der Waals surface area contributed by atoms with E-state index in [-0.39, 0.29) is 24.0 Å². The molecule has 2 atom stereocenters. The van der Waals surface area contributed by atoms with Crippen LogP contribution in [0.2, 0.25) is 0 Å². The lowest BCUT2D eigenvalue weighted by Gasteiger charge is -2.29. The Labute approximate surface area is 155 Å². The molecule has 0 N–H and O–H groups in total. The number of hydrogen-bond acceptors (Lipinski definition) is 4. The van der Waals surface area contributed by atoms with Gasteiger partial charge in [0, 0.05) is 25.2 Å². The molecule has 0 spiro atoms. The number of rotatable bonds is 9. The summed E-state index contributed by atoms with van der Waals surface area (Å²) in [7, 11) is 0. The standard InChI is InChI=1S/C21H27NO4/c1-3-5-11-25-16-8-7-15-13-18(26-12-6-4-2)21(17(15)14-16)22-19(23)9-10-20(22)24/h7-10,14,18,21H,3-6,11-13H2,1-2H3/t18-,21-/m0/s1. The molecule has 3 rings (SSSR count). The van der Waals surface area contributed by atoms with E-state index in [4.69, 9.17) is 9.47 Å². The summed E-state index contributed by atoms with van der Waals surface area (Å²) in [4.78, 5) is 25.9. The van der Waals surface area contributed by atoms with Gasteiger partial charge in [-0.3, -0.25) is 14.5 Å². The van der Waals surface area contributed by atoms with Gasteiger partial charge >= 0.3 is 0 Å². The van der Waals surface area contributed by atoms with Gasteiger partial charge in [-0.15, -0.1) is 0 Å². The van der Waals surface area contributed by atoms with E-state index in [1.807, 2.05) is 18.2 Å². The molecule has 2 aliphatic rings. The van der Waals surface area contributed by atoms with Crippen LogP contribution in [0.25, 0.3) is 0 Å². The SMILES string of the molecule is CCCCOc1ccc2c(c1)[C@H](N1C(=O)C=CC1=O)[C@@H](OCCCC)C2. The third-order valence-electron chi connectivity index (χ3n) is 4.93. The highest BCUT2D eigenvalue weighted by atomic mass is 16.5. The van der Waals surface area contributed by atoms with E-state index in [1.54, 1.807) is 0 Å². The van der Waals surface area contributed by atoms with Crippen molar-refractivity contribution in [3.05, 3.63) is 41.5 Å². The first-order valence-electron chi connectivity index (χ1n) is 9.58. The van der Waals surface area contributed by atoms with Crippen molar-refractivity contribution in [2.24, 2.45) is 0 Å². The number of ether oxygens (including phenoxy) is 2. The topological polar surface area (TPSA) is 55.8 Å².